The highest BCUT2D eigenvalue weighted by Gasteiger charge is 2.09. The predicted octanol–water partition coefficient (Wildman–Crippen LogP) is 6.44. The number of halogens is 1. The molecule has 2 aromatic carbocycles. The molecule has 0 aliphatic heterocycles. The summed E-state index contributed by atoms with van der Waals surface area (Å²) in [5.74, 6) is 1.30. The van der Waals surface area contributed by atoms with Crippen LogP contribution >= 0.6 is 23.4 Å². The van der Waals surface area contributed by atoms with Crippen LogP contribution in [-0.4, -0.2) is 9.97 Å². The fraction of sp³-hybridized carbons (Fsp3) is 0.0476. The Hall–Kier alpha value is -2.94. The van der Waals surface area contributed by atoms with Gasteiger partial charge in [0.15, 0.2) is 5.16 Å². The summed E-state index contributed by atoms with van der Waals surface area (Å²) in [7, 11) is 0. The Kier molecular flexibility index (Phi) is 4.76. The van der Waals surface area contributed by atoms with Crippen molar-refractivity contribution in [1.82, 2.24) is 9.97 Å². The van der Waals surface area contributed by atoms with Gasteiger partial charge in [0.25, 0.3) is 0 Å². The summed E-state index contributed by atoms with van der Waals surface area (Å²) in [4.78, 5) is 8.17. The van der Waals surface area contributed by atoms with Crippen LogP contribution in [0, 0.1) is 18.3 Å². The zero-order valence-electron chi connectivity index (χ0n) is 14.4. The van der Waals surface area contributed by atoms with Crippen LogP contribution in [0.1, 0.15) is 11.3 Å². The van der Waals surface area contributed by atoms with Gasteiger partial charge in [0, 0.05) is 16.7 Å². The van der Waals surface area contributed by atoms with Crippen LogP contribution in [-0.2, 0) is 0 Å². The van der Waals surface area contributed by atoms with E-state index in [1.807, 2.05) is 61.5 Å². The second-order valence-electron chi connectivity index (χ2n) is 5.95. The number of aromatic nitrogens is 2. The SMILES string of the molecule is Cc1ccc(-c2ccc(/C=C(\C#N)Sc3nc4ccccc4[nH]3)o2)cc1Cl. The maximum atomic E-state index is 9.47. The Morgan fingerprint density at radius 3 is 2.85 bits per heavy atom. The van der Waals surface area contributed by atoms with Crippen LogP contribution < -0.4 is 0 Å². The molecular formula is C21H14ClN3OS. The van der Waals surface area contributed by atoms with E-state index in [-0.39, 0.29) is 0 Å². The highest BCUT2D eigenvalue weighted by molar-refractivity contribution is 8.03. The number of aryl methyl sites for hydroxylation is 1. The molecule has 0 amide bonds. The smallest absolute Gasteiger partial charge is 0.171 e. The van der Waals surface area contributed by atoms with Crippen molar-refractivity contribution < 1.29 is 4.42 Å². The van der Waals surface area contributed by atoms with Gasteiger partial charge < -0.3 is 9.40 Å². The van der Waals surface area contributed by atoms with Gasteiger partial charge in [-0.3, -0.25) is 0 Å². The van der Waals surface area contributed by atoms with Crippen LogP contribution in [0.4, 0.5) is 0 Å². The molecule has 0 atom stereocenters. The minimum atomic E-state index is 0.483. The van der Waals surface area contributed by atoms with Gasteiger partial charge in [-0.15, -0.1) is 0 Å². The van der Waals surface area contributed by atoms with E-state index in [9.17, 15) is 5.26 Å². The average molecular weight is 392 g/mol. The largest absolute Gasteiger partial charge is 0.457 e. The lowest BCUT2D eigenvalue weighted by Gasteiger charge is -2.01. The zero-order valence-corrected chi connectivity index (χ0v) is 15.9. The number of hydrogen-bond acceptors (Lipinski definition) is 4. The number of allylic oxidation sites excluding steroid dienone is 1. The Balaban J connectivity index is 1.58. The number of fused-ring (bicyclic) bond motifs is 1. The Morgan fingerprint density at radius 2 is 2.07 bits per heavy atom. The summed E-state index contributed by atoms with van der Waals surface area (Å²) in [6, 6.07) is 19.4. The van der Waals surface area contributed by atoms with Crippen molar-refractivity contribution in [1.29, 1.82) is 5.26 Å². The van der Waals surface area contributed by atoms with E-state index in [1.54, 1.807) is 6.08 Å². The van der Waals surface area contributed by atoms with Crippen molar-refractivity contribution in [2.24, 2.45) is 0 Å². The van der Waals surface area contributed by atoms with E-state index >= 15 is 0 Å². The van der Waals surface area contributed by atoms with E-state index < -0.39 is 0 Å². The summed E-state index contributed by atoms with van der Waals surface area (Å²) in [6.07, 6.45) is 1.71. The third kappa shape index (κ3) is 3.77. The Morgan fingerprint density at radius 1 is 1.22 bits per heavy atom. The van der Waals surface area contributed by atoms with Crippen molar-refractivity contribution in [2.45, 2.75) is 12.1 Å². The van der Waals surface area contributed by atoms with E-state index in [0.717, 1.165) is 22.2 Å². The van der Waals surface area contributed by atoms with Crippen LogP contribution in [0.5, 0.6) is 0 Å². The average Bonchev–Trinajstić information content (AvgIpc) is 3.29. The van der Waals surface area contributed by atoms with Gasteiger partial charge in [-0.1, -0.05) is 35.9 Å². The number of nitriles is 1. The lowest BCUT2D eigenvalue weighted by Crippen LogP contribution is -1.78. The molecule has 0 radical (unpaired) electrons. The summed E-state index contributed by atoms with van der Waals surface area (Å²) in [5, 5.41) is 10.8. The van der Waals surface area contributed by atoms with Crippen LogP contribution in [0.2, 0.25) is 5.02 Å². The number of rotatable bonds is 4. The first kappa shape index (κ1) is 17.5. The molecule has 6 heteroatoms. The normalized spacial score (nSPS) is 11.7. The first-order chi connectivity index (χ1) is 13.1. The van der Waals surface area contributed by atoms with E-state index in [0.29, 0.717) is 26.6 Å². The van der Waals surface area contributed by atoms with Crippen LogP contribution in [0.15, 0.2) is 69.1 Å². The molecule has 0 saturated heterocycles. The molecule has 0 saturated carbocycles. The summed E-state index contributed by atoms with van der Waals surface area (Å²) < 4.78 is 5.86. The molecule has 0 spiro atoms. The molecule has 4 aromatic rings. The summed E-state index contributed by atoms with van der Waals surface area (Å²) in [5.41, 5.74) is 3.72. The van der Waals surface area contributed by atoms with E-state index in [1.165, 1.54) is 11.8 Å². The third-order valence-electron chi connectivity index (χ3n) is 4.04. The number of para-hydroxylation sites is 2. The van der Waals surface area contributed by atoms with Gasteiger partial charge in [-0.25, -0.2) is 4.98 Å². The maximum Gasteiger partial charge on any atom is 0.171 e. The van der Waals surface area contributed by atoms with Gasteiger partial charge >= 0.3 is 0 Å². The Bertz CT molecular complexity index is 1170. The van der Waals surface area contributed by atoms with Crippen molar-refractivity contribution in [2.75, 3.05) is 0 Å². The minimum absolute atomic E-state index is 0.483. The molecule has 2 heterocycles. The Labute approximate surface area is 165 Å². The lowest BCUT2D eigenvalue weighted by atomic mass is 10.1. The van der Waals surface area contributed by atoms with Crippen LogP contribution in [0.3, 0.4) is 0 Å². The standard InChI is InChI=1S/C21H14ClN3OS/c1-13-6-7-14(10-17(13)22)20-9-8-15(26-20)11-16(12-23)27-21-24-18-4-2-3-5-19(18)25-21/h2-11H,1H3,(H,24,25)/b16-11+. The van der Waals surface area contributed by atoms with E-state index in [4.69, 9.17) is 16.0 Å². The molecule has 1 N–H and O–H groups in total. The molecule has 132 valence electrons. The van der Waals surface area contributed by atoms with Gasteiger partial charge in [-0.2, -0.15) is 5.26 Å². The number of H-pyrrole nitrogens is 1. The van der Waals surface area contributed by atoms with Gasteiger partial charge in [-0.05, 0) is 54.6 Å². The van der Waals surface area contributed by atoms with E-state index in [2.05, 4.69) is 16.0 Å². The molecule has 0 bridgehead atoms. The summed E-state index contributed by atoms with van der Waals surface area (Å²) in [6.45, 7) is 1.96. The van der Waals surface area contributed by atoms with Crippen molar-refractivity contribution in [3.63, 3.8) is 0 Å². The molecule has 0 unspecified atom stereocenters. The number of furan rings is 1. The fourth-order valence-electron chi connectivity index (χ4n) is 2.63. The molecule has 0 fully saturated rings. The quantitative estimate of drug-likeness (QED) is 0.321. The molecule has 0 aliphatic carbocycles. The topological polar surface area (TPSA) is 65.6 Å². The van der Waals surface area contributed by atoms with Gasteiger partial charge in [0.05, 0.1) is 15.9 Å². The number of hydrogen-bond donors (Lipinski definition) is 1. The first-order valence-electron chi connectivity index (χ1n) is 8.23. The number of thioether (sulfide) groups is 1. The molecule has 4 nitrogen and oxygen atoms in total. The second kappa shape index (κ2) is 7.36. The lowest BCUT2D eigenvalue weighted by molar-refractivity contribution is 0.571. The monoisotopic (exact) mass is 391 g/mol. The number of aromatic amines is 1. The molecule has 0 aliphatic rings. The fourth-order valence-corrected chi connectivity index (χ4v) is 3.54. The highest BCUT2D eigenvalue weighted by Crippen LogP contribution is 2.30. The number of nitrogens with one attached hydrogen (secondary N) is 1. The number of nitrogens with zero attached hydrogens (tertiary/aromatic N) is 2. The highest BCUT2D eigenvalue weighted by atomic mass is 35.5. The van der Waals surface area contributed by atoms with Crippen molar-refractivity contribution >= 4 is 40.5 Å². The second-order valence-corrected chi connectivity index (χ2v) is 7.39. The molecule has 2 aromatic heterocycles. The third-order valence-corrected chi connectivity index (χ3v) is 5.26. The number of benzene rings is 2. The number of imidazole rings is 1. The molecular weight excluding hydrogens is 378 g/mol. The zero-order chi connectivity index (χ0) is 18.8. The predicted molar refractivity (Wildman–Crippen MR) is 109 cm³/mol. The van der Waals surface area contributed by atoms with Crippen LogP contribution in [0.25, 0.3) is 28.4 Å². The van der Waals surface area contributed by atoms with Crippen molar-refractivity contribution in [3.8, 4) is 17.4 Å². The molecule has 4 rings (SSSR count). The molecule has 27 heavy (non-hydrogen) atoms. The maximum absolute atomic E-state index is 9.47. The minimum Gasteiger partial charge on any atom is -0.457 e. The van der Waals surface area contributed by atoms with Gasteiger partial charge in [0.2, 0.25) is 0 Å². The summed E-state index contributed by atoms with van der Waals surface area (Å²) >= 11 is 7.46. The van der Waals surface area contributed by atoms with Gasteiger partial charge in [0.1, 0.15) is 17.6 Å². The first-order valence-corrected chi connectivity index (χ1v) is 9.42. The van der Waals surface area contributed by atoms with Crippen molar-refractivity contribution in [3.05, 3.63) is 75.8 Å².